The number of hydrogen-bond acceptors (Lipinski definition) is 2. The summed E-state index contributed by atoms with van der Waals surface area (Å²) in [6.45, 7) is 3.10. The van der Waals surface area contributed by atoms with E-state index in [1.54, 1.807) is 0 Å². The lowest BCUT2D eigenvalue weighted by Gasteiger charge is -2.42. The third kappa shape index (κ3) is 2.65. The number of carbonyl (C=O) groups is 1. The van der Waals surface area contributed by atoms with Gasteiger partial charge in [-0.25, -0.2) is 0 Å². The largest absolute Gasteiger partial charge is 0.384 e. The highest BCUT2D eigenvalue weighted by molar-refractivity contribution is 5.94. The molecule has 0 saturated heterocycles. The molecule has 3 rings (SSSR count). The highest BCUT2D eigenvalue weighted by Gasteiger charge is 2.39. The van der Waals surface area contributed by atoms with Crippen molar-refractivity contribution in [1.29, 1.82) is 0 Å². The Morgan fingerprint density at radius 1 is 1.25 bits per heavy atom. The molecule has 0 amide bonds. The molecule has 1 N–H and O–H groups in total. The summed E-state index contributed by atoms with van der Waals surface area (Å²) in [7, 11) is 0. The van der Waals surface area contributed by atoms with Crippen molar-refractivity contribution >= 4 is 11.5 Å². The molecule has 1 saturated carbocycles. The van der Waals surface area contributed by atoms with Gasteiger partial charge in [0.1, 0.15) is 0 Å². The molecule has 2 atom stereocenters. The maximum Gasteiger partial charge on any atom is 0.160 e. The predicted molar refractivity (Wildman–Crippen MR) is 82.7 cm³/mol. The molecule has 1 fully saturated rings. The van der Waals surface area contributed by atoms with Gasteiger partial charge < -0.3 is 5.32 Å². The SMILES string of the molecule is C[C@@]12CCCCC1=CC(=O)C(CNc1ccccc1)C2. The number of para-hydroxylation sites is 1. The molecule has 2 aliphatic carbocycles. The molecule has 0 bridgehead atoms. The highest BCUT2D eigenvalue weighted by atomic mass is 16.1. The summed E-state index contributed by atoms with van der Waals surface area (Å²) in [5.74, 6) is 0.449. The first-order valence-electron chi connectivity index (χ1n) is 7.71. The summed E-state index contributed by atoms with van der Waals surface area (Å²) in [4.78, 5) is 12.3. The zero-order chi connectivity index (χ0) is 14.0. The number of hydrogen-bond donors (Lipinski definition) is 1. The van der Waals surface area contributed by atoms with Gasteiger partial charge >= 0.3 is 0 Å². The van der Waals surface area contributed by atoms with Crippen LogP contribution >= 0.6 is 0 Å². The highest BCUT2D eigenvalue weighted by Crippen LogP contribution is 2.47. The van der Waals surface area contributed by atoms with Crippen molar-refractivity contribution in [3.63, 3.8) is 0 Å². The monoisotopic (exact) mass is 269 g/mol. The van der Waals surface area contributed by atoms with Gasteiger partial charge in [0.25, 0.3) is 0 Å². The Kier molecular flexibility index (Phi) is 3.64. The Morgan fingerprint density at radius 2 is 2.05 bits per heavy atom. The van der Waals surface area contributed by atoms with Gasteiger partial charge in [-0.15, -0.1) is 0 Å². The van der Waals surface area contributed by atoms with Crippen molar-refractivity contribution in [2.75, 3.05) is 11.9 Å². The molecule has 1 aromatic carbocycles. The summed E-state index contributed by atoms with van der Waals surface area (Å²) >= 11 is 0. The molecule has 2 aliphatic rings. The number of rotatable bonds is 3. The fraction of sp³-hybridized carbons (Fsp3) is 0.500. The quantitative estimate of drug-likeness (QED) is 0.891. The number of nitrogens with one attached hydrogen (secondary N) is 1. The molecule has 0 heterocycles. The van der Waals surface area contributed by atoms with Gasteiger partial charge in [-0.05, 0) is 49.3 Å². The summed E-state index contributed by atoms with van der Waals surface area (Å²) in [5, 5.41) is 3.41. The molecule has 1 unspecified atom stereocenters. The Morgan fingerprint density at radius 3 is 2.85 bits per heavy atom. The van der Waals surface area contributed by atoms with Gasteiger partial charge in [0.05, 0.1) is 0 Å². The van der Waals surface area contributed by atoms with Crippen LogP contribution in [0.5, 0.6) is 0 Å². The Labute approximate surface area is 121 Å². The van der Waals surface area contributed by atoms with Crippen molar-refractivity contribution in [3.05, 3.63) is 42.0 Å². The summed E-state index contributed by atoms with van der Waals surface area (Å²) in [6.07, 6.45) is 7.90. The smallest absolute Gasteiger partial charge is 0.160 e. The van der Waals surface area contributed by atoms with E-state index in [1.807, 2.05) is 24.3 Å². The third-order valence-corrected chi connectivity index (χ3v) is 4.94. The lowest BCUT2D eigenvalue weighted by atomic mass is 9.63. The van der Waals surface area contributed by atoms with Crippen LogP contribution in [0.1, 0.15) is 39.0 Å². The molecule has 2 nitrogen and oxygen atoms in total. The Balaban J connectivity index is 1.69. The third-order valence-electron chi connectivity index (χ3n) is 4.94. The van der Waals surface area contributed by atoms with E-state index in [0.717, 1.165) is 25.1 Å². The fourth-order valence-electron chi connectivity index (χ4n) is 3.68. The first-order valence-corrected chi connectivity index (χ1v) is 7.71. The number of ketones is 1. The van der Waals surface area contributed by atoms with Gasteiger partial charge in [0, 0.05) is 18.2 Å². The van der Waals surface area contributed by atoms with E-state index in [9.17, 15) is 4.79 Å². The van der Waals surface area contributed by atoms with Crippen LogP contribution < -0.4 is 5.32 Å². The van der Waals surface area contributed by atoms with Crippen LogP contribution in [0.4, 0.5) is 5.69 Å². The maximum atomic E-state index is 12.3. The summed E-state index contributed by atoms with van der Waals surface area (Å²) in [6, 6.07) is 10.2. The van der Waals surface area contributed by atoms with Crippen LogP contribution in [0, 0.1) is 11.3 Å². The van der Waals surface area contributed by atoms with E-state index >= 15 is 0 Å². The molecule has 0 radical (unpaired) electrons. The van der Waals surface area contributed by atoms with Gasteiger partial charge in [0.2, 0.25) is 0 Å². The average molecular weight is 269 g/mol. The fourth-order valence-corrected chi connectivity index (χ4v) is 3.68. The van der Waals surface area contributed by atoms with Crippen molar-refractivity contribution < 1.29 is 4.79 Å². The molecule has 20 heavy (non-hydrogen) atoms. The van der Waals surface area contributed by atoms with Crippen LogP contribution in [0.3, 0.4) is 0 Å². The first-order chi connectivity index (χ1) is 9.67. The molecule has 0 spiro atoms. The normalized spacial score (nSPS) is 29.6. The minimum Gasteiger partial charge on any atom is -0.384 e. The van der Waals surface area contributed by atoms with Crippen LogP contribution in [0.15, 0.2) is 42.0 Å². The Bertz CT molecular complexity index is 519. The second-order valence-electron chi connectivity index (χ2n) is 6.49. The standard InChI is InChI=1S/C18H23NO/c1-18-10-6-5-7-15(18)11-17(20)14(12-18)13-19-16-8-3-2-4-9-16/h2-4,8-9,11,14,19H,5-7,10,12-13H2,1H3/t14?,18-/m0/s1. The zero-order valence-corrected chi connectivity index (χ0v) is 12.2. The molecular weight excluding hydrogens is 246 g/mol. The first kappa shape index (κ1) is 13.4. The second kappa shape index (κ2) is 5.43. The molecular formula is C18H23NO. The summed E-state index contributed by atoms with van der Waals surface area (Å²) < 4.78 is 0. The number of anilines is 1. The van der Waals surface area contributed by atoms with E-state index < -0.39 is 0 Å². The Hall–Kier alpha value is -1.57. The number of allylic oxidation sites excluding steroid dienone is 2. The summed E-state index contributed by atoms with van der Waals surface area (Å²) in [5.41, 5.74) is 2.78. The van der Waals surface area contributed by atoms with Crippen molar-refractivity contribution in [2.45, 2.75) is 39.0 Å². The number of carbonyl (C=O) groups excluding carboxylic acids is 1. The van der Waals surface area contributed by atoms with Crippen LogP contribution in [0.2, 0.25) is 0 Å². The predicted octanol–water partition coefficient (Wildman–Crippen LogP) is 4.19. The van der Waals surface area contributed by atoms with Crippen molar-refractivity contribution in [1.82, 2.24) is 0 Å². The molecule has 106 valence electrons. The van der Waals surface area contributed by atoms with E-state index in [0.29, 0.717) is 5.78 Å². The van der Waals surface area contributed by atoms with E-state index in [4.69, 9.17) is 0 Å². The van der Waals surface area contributed by atoms with Crippen LogP contribution in [-0.4, -0.2) is 12.3 Å². The van der Waals surface area contributed by atoms with Gasteiger partial charge in [-0.1, -0.05) is 37.1 Å². The van der Waals surface area contributed by atoms with E-state index in [1.165, 1.54) is 24.8 Å². The van der Waals surface area contributed by atoms with Crippen molar-refractivity contribution in [2.24, 2.45) is 11.3 Å². The van der Waals surface area contributed by atoms with Gasteiger partial charge in [-0.2, -0.15) is 0 Å². The number of benzene rings is 1. The average Bonchev–Trinajstić information content (AvgIpc) is 2.46. The minimum absolute atomic E-state index is 0.127. The van der Waals surface area contributed by atoms with Gasteiger partial charge in [0.15, 0.2) is 5.78 Å². The van der Waals surface area contributed by atoms with E-state index in [2.05, 4.69) is 24.4 Å². The molecule has 0 aliphatic heterocycles. The molecule has 1 aromatic rings. The topological polar surface area (TPSA) is 29.1 Å². The second-order valence-corrected chi connectivity index (χ2v) is 6.49. The maximum absolute atomic E-state index is 12.3. The lowest BCUT2D eigenvalue weighted by Crippen LogP contribution is -2.36. The molecule has 0 aromatic heterocycles. The number of fused-ring (bicyclic) bond motifs is 1. The van der Waals surface area contributed by atoms with E-state index in [-0.39, 0.29) is 11.3 Å². The molecule has 2 heteroatoms. The van der Waals surface area contributed by atoms with Crippen LogP contribution in [0.25, 0.3) is 0 Å². The minimum atomic E-state index is 0.127. The van der Waals surface area contributed by atoms with Crippen molar-refractivity contribution in [3.8, 4) is 0 Å². The van der Waals surface area contributed by atoms with Gasteiger partial charge in [-0.3, -0.25) is 4.79 Å². The van der Waals surface area contributed by atoms with Crippen LogP contribution in [-0.2, 0) is 4.79 Å². The lowest BCUT2D eigenvalue weighted by molar-refractivity contribution is -0.119. The zero-order valence-electron chi connectivity index (χ0n) is 12.2.